The Kier molecular flexibility index (Phi) is 23.4. The molecule has 0 aromatic heterocycles. The van der Waals surface area contributed by atoms with E-state index < -0.39 is 7.14 Å². The molecule has 4 rings (SSSR count). The van der Waals surface area contributed by atoms with Crippen LogP contribution in [0.4, 0.5) is 0 Å². The van der Waals surface area contributed by atoms with Gasteiger partial charge in [0.2, 0.25) is 0 Å². The van der Waals surface area contributed by atoms with Crippen molar-refractivity contribution in [3.05, 3.63) is 131 Å². The predicted molar refractivity (Wildman–Crippen MR) is 253 cm³/mol. The predicted octanol–water partition coefficient (Wildman–Crippen LogP) is 16.8. The van der Waals surface area contributed by atoms with E-state index in [1.165, 1.54) is 182 Å². The maximum Gasteiger partial charge on any atom is 0.154 e. The van der Waals surface area contributed by atoms with Gasteiger partial charge >= 0.3 is 0 Å². The Bertz CT molecular complexity index is 1540. The molecule has 312 valence electrons. The lowest BCUT2D eigenvalue weighted by Crippen LogP contribution is -2.24. The van der Waals surface area contributed by atoms with Crippen LogP contribution in [0.25, 0.3) is 0 Å². The summed E-state index contributed by atoms with van der Waals surface area (Å²) in [6.07, 6.45) is 35.1. The number of benzene rings is 4. The monoisotopic (exact) mass is 789 g/mol. The summed E-state index contributed by atoms with van der Waals surface area (Å²) >= 11 is 0. The highest BCUT2D eigenvalue weighted by Gasteiger charge is 2.41. The van der Waals surface area contributed by atoms with Gasteiger partial charge in [-0.05, 0) is 66.3 Å². The number of hydrogen-bond acceptors (Lipinski definition) is 1. The van der Waals surface area contributed by atoms with E-state index in [1.54, 1.807) is 0 Å². The number of rotatable bonds is 32. The fourth-order valence-corrected chi connectivity index (χ4v) is 12.5. The van der Waals surface area contributed by atoms with Crippen LogP contribution in [0.1, 0.15) is 208 Å². The van der Waals surface area contributed by atoms with Crippen molar-refractivity contribution in [2.75, 3.05) is 0 Å². The molecule has 4 aromatic rings. The van der Waals surface area contributed by atoms with E-state index in [0.717, 1.165) is 29.9 Å². The lowest BCUT2D eigenvalue weighted by Gasteiger charge is -2.33. The van der Waals surface area contributed by atoms with Crippen LogP contribution in [0.2, 0.25) is 0 Å². The zero-order valence-electron chi connectivity index (χ0n) is 36.8. The standard InChI is InChI=1S/C55H81OP/c1-4-7-10-13-16-19-22-28-37-48-46-50(40-29-23-20-17-14-11-8-5-2)54(51(47-48)41-30-24-21-18-15-12-9-6-3)55(49-38-31-25-32-39-49)57(56,52-42-33-26-34-43-52)53-44-35-27-36-45-53/h25-27,31-36,38-39,42-47,55H,4-24,28-30,37,40-41H2,1-3H3. The third-order valence-corrected chi connectivity index (χ3v) is 15.8. The van der Waals surface area contributed by atoms with Gasteiger partial charge in [-0.2, -0.15) is 0 Å². The Morgan fingerprint density at radius 2 is 0.702 bits per heavy atom. The van der Waals surface area contributed by atoms with E-state index in [2.05, 4.69) is 124 Å². The Hall–Kier alpha value is -2.89. The molecule has 0 fully saturated rings. The maximum absolute atomic E-state index is 16.6. The molecule has 0 amide bonds. The van der Waals surface area contributed by atoms with Gasteiger partial charge in [-0.1, -0.05) is 259 Å². The van der Waals surface area contributed by atoms with Gasteiger partial charge in [0.05, 0.1) is 5.66 Å². The number of hydrogen-bond donors (Lipinski definition) is 0. The molecule has 4 aromatic carbocycles. The zero-order chi connectivity index (χ0) is 40.2. The lowest BCUT2D eigenvalue weighted by molar-refractivity contribution is 0.570. The van der Waals surface area contributed by atoms with E-state index in [4.69, 9.17) is 0 Å². The van der Waals surface area contributed by atoms with Crippen molar-refractivity contribution in [3.8, 4) is 0 Å². The molecule has 0 spiro atoms. The van der Waals surface area contributed by atoms with Crippen molar-refractivity contribution in [2.45, 2.75) is 200 Å². The fraction of sp³-hybridized carbons (Fsp3) is 0.564. The minimum atomic E-state index is -3.21. The molecule has 2 heteroatoms. The Balaban J connectivity index is 1.77. The molecule has 0 saturated heterocycles. The summed E-state index contributed by atoms with van der Waals surface area (Å²) in [6.45, 7) is 6.92. The molecule has 1 atom stereocenters. The van der Waals surface area contributed by atoms with Crippen LogP contribution in [0.3, 0.4) is 0 Å². The molecule has 57 heavy (non-hydrogen) atoms. The fourth-order valence-electron chi connectivity index (χ4n) is 9.06. The van der Waals surface area contributed by atoms with Crippen molar-refractivity contribution < 1.29 is 4.57 Å². The zero-order valence-corrected chi connectivity index (χ0v) is 37.7. The average molecular weight is 789 g/mol. The first-order valence-electron chi connectivity index (χ1n) is 24.0. The van der Waals surface area contributed by atoms with Crippen molar-refractivity contribution in [3.63, 3.8) is 0 Å². The van der Waals surface area contributed by atoms with E-state index in [9.17, 15) is 0 Å². The molecular weight excluding hydrogens is 708 g/mol. The molecule has 1 unspecified atom stereocenters. The third kappa shape index (κ3) is 16.0. The molecule has 0 N–H and O–H groups in total. The first-order valence-corrected chi connectivity index (χ1v) is 25.8. The Morgan fingerprint density at radius 1 is 0.386 bits per heavy atom. The third-order valence-electron chi connectivity index (χ3n) is 12.4. The van der Waals surface area contributed by atoms with Crippen molar-refractivity contribution in [1.82, 2.24) is 0 Å². The van der Waals surface area contributed by atoms with Crippen LogP contribution in [-0.4, -0.2) is 0 Å². The average Bonchev–Trinajstić information content (AvgIpc) is 3.25. The summed E-state index contributed by atoms with van der Waals surface area (Å²) in [4.78, 5) is 0. The summed E-state index contributed by atoms with van der Waals surface area (Å²) < 4.78 is 16.6. The molecule has 0 aliphatic rings. The quantitative estimate of drug-likeness (QED) is 0.0356. The van der Waals surface area contributed by atoms with Gasteiger partial charge in [0.25, 0.3) is 0 Å². The van der Waals surface area contributed by atoms with Crippen LogP contribution >= 0.6 is 7.14 Å². The molecular formula is C55H81OP. The highest BCUT2D eigenvalue weighted by atomic mass is 31.2. The van der Waals surface area contributed by atoms with Gasteiger partial charge in [-0.25, -0.2) is 0 Å². The highest BCUT2D eigenvalue weighted by molar-refractivity contribution is 7.79. The van der Waals surface area contributed by atoms with Crippen LogP contribution in [-0.2, 0) is 23.8 Å². The van der Waals surface area contributed by atoms with Crippen molar-refractivity contribution >= 4 is 17.8 Å². The summed E-state index contributed by atoms with van der Waals surface area (Å²) in [5.41, 5.74) is 6.76. The van der Waals surface area contributed by atoms with Crippen molar-refractivity contribution in [2.24, 2.45) is 0 Å². The topological polar surface area (TPSA) is 17.1 Å². The van der Waals surface area contributed by atoms with Crippen LogP contribution in [0, 0.1) is 0 Å². The minimum Gasteiger partial charge on any atom is -0.313 e. The van der Waals surface area contributed by atoms with E-state index in [0.29, 0.717) is 0 Å². The second-order valence-corrected chi connectivity index (χ2v) is 20.0. The molecule has 1 nitrogen and oxygen atoms in total. The SMILES string of the molecule is CCCCCCCCCCc1cc(CCCCCCCCCC)c(C(c2ccccc2)P(=O)(c2ccccc2)c2ccccc2)c(CCCCCCCCCC)c1. The molecule has 0 aliphatic carbocycles. The summed E-state index contributed by atoms with van der Waals surface area (Å²) in [6, 6.07) is 37.2. The molecule has 0 heterocycles. The molecule has 0 saturated carbocycles. The molecule has 0 bridgehead atoms. The first kappa shape index (κ1) is 46.8. The number of unbranched alkanes of at least 4 members (excludes halogenated alkanes) is 21. The molecule has 0 aliphatic heterocycles. The summed E-state index contributed by atoms with van der Waals surface area (Å²) in [5.74, 6) is 0. The van der Waals surface area contributed by atoms with Gasteiger partial charge in [-0.15, -0.1) is 0 Å². The molecule has 0 radical (unpaired) electrons. The smallest absolute Gasteiger partial charge is 0.154 e. The minimum absolute atomic E-state index is 0.242. The second-order valence-electron chi connectivity index (χ2n) is 17.1. The maximum atomic E-state index is 16.6. The van der Waals surface area contributed by atoms with Gasteiger partial charge < -0.3 is 4.57 Å². The van der Waals surface area contributed by atoms with E-state index in [1.807, 2.05) is 0 Å². The van der Waals surface area contributed by atoms with Gasteiger partial charge in [0.15, 0.2) is 7.14 Å². The highest BCUT2D eigenvalue weighted by Crippen LogP contribution is 2.61. The van der Waals surface area contributed by atoms with E-state index in [-0.39, 0.29) is 5.66 Å². The Morgan fingerprint density at radius 3 is 1.07 bits per heavy atom. The largest absolute Gasteiger partial charge is 0.313 e. The van der Waals surface area contributed by atoms with Gasteiger partial charge in [0, 0.05) is 10.6 Å². The second kappa shape index (κ2) is 28.5. The lowest BCUT2D eigenvalue weighted by atomic mass is 9.86. The van der Waals surface area contributed by atoms with Crippen molar-refractivity contribution in [1.29, 1.82) is 0 Å². The first-order chi connectivity index (χ1) is 28.1. The summed E-state index contributed by atoms with van der Waals surface area (Å²) in [7, 11) is -3.21. The van der Waals surface area contributed by atoms with Gasteiger partial charge in [0.1, 0.15) is 0 Å². The van der Waals surface area contributed by atoms with Crippen LogP contribution in [0.5, 0.6) is 0 Å². The summed E-state index contributed by atoms with van der Waals surface area (Å²) in [5, 5.41) is 1.92. The number of aryl methyl sites for hydroxylation is 3. The van der Waals surface area contributed by atoms with Crippen LogP contribution in [0.15, 0.2) is 103 Å². The Labute approximate surface area is 351 Å². The van der Waals surface area contributed by atoms with Gasteiger partial charge in [-0.3, -0.25) is 0 Å². The van der Waals surface area contributed by atoms with Crippen LogP contribution < -0.4 is 10.6 Å². The normalized spacial score (nSPS) is 12.3. The van der Waals surface area contributed by atoms with E-state index >= 15 is 4.57 Å².